The van der Waals surface area contributed by atoms with E-state index in [1.165, 1.54) is 0 Å². The Balaban J connectivity index is 2.42. The topological polar surface area (TPSA) is 75.9 Å². The molecule has 0 radical (unpaired) electrons. The summed E-state index contributed by atoms with van der Waals surface area (Å²) in [6.45, 7) is 3.99. The van der Waals surface area contributed by atoms with Gasteiger partial charge in [0.15, 0.2) is 0 Å². The number of aryl methyl sites for hydroxylation is 1. The predicted molar refractivity (Wildman–Crippen MR) is 91.0 cm³/mol. The summed E-state index contributed by atoms with van der Waals surface area (Å²) in [4.78, 5) is 8.95. The van der Waals surface area contributed by atoms with Crippen LogP contribution in [0.1, 0.15) is 24.7 Å². The van der Waals surface area contributed by atoms with Crippen LogP contribution in [0, 0.1) is 6.92 Å². The van der Waals surface area contributed by atoms with Gasteiger partial charge >= 0.3 is 0 Å². The molecule has 112 valence electrons. The zero-order chi connectivity index (χ0) is 15.4. The molecule has 0 fully saturated rings. The van der Waals surface area contributed by atoms with Gasteiger partial charge in [0.25, 0.3) is 0 Å². The maximum atomic E-state index is 6.04. The van der Waals surface area contributed by atoms with E-state index in [2.05, 4.69) is 43.6 Å². The van der Waals surface area contributed by atoms with Crippen LogP contribution in [0.2, 0.25) is 5.02 Å². The molecule has 21 heavy (non-hydrogen) atoms. The van der Waals surface area contributed by atoms with E-state index in [9.17, 15) is 0 Å². The molecule has 0 saturated heterocycles. The summed E-state index contributed by atoms with van der Waals surface area (Å²) in [5, 5.41) is 3.93. The lowest BCUT2D eigenvalue weighted by Gasteiger charge is -2.14. The van der Waals surface area contributed by atoms with E-state index in [0.717, 1.165) is 34.4 Å². The molecule has 1 heterocycles. The highest BCUT2D eigenvalue weighted by atomic mass is 79.9. The van der Waals surface area contributed by atoms with Crippen LogP contribution in [0.25, 0.3) is 0 Å². The first-order valence-corrected chi connectivity index (χ1v) is 7.78. The van der Waals surface area contributed by atoms with Crippen molar-refractivity contribution in [1.82, 2.24) is 9.97 Å². The lowest BCUT2D eigenvalue weighted by atomic mass is 10.2. The second-order valence-corrected chi connectivity index (χ2v) is 5.90. The fourth-order valence-electron chi connectivity index (χ4n) is 1.88. The number of nitrogens with two attached hydrogens (primary N) is 1. The summed E-state index contributed by atoms with van der Waals surface area (Å²) in [6, 6.07) is 5.54. The summed E-state index contributed by atoms with van der Waals surface area (Å²) in [7, 11) is 0. The number of hydrogen-bond acceptors (Lipinski definition) is 5. The number of nitrogens with one attached hydrogen (secondary N) is 2. The molecule has 2 rings (SSSR count). The minimum atomic E-state index is 0.620. The highest BCUT2D eigenvalue weighted by molar-refractivity contribution is 9.10. The van der Waals surface area contributed by atoms with Crippen LogP contribution in [0.5, 0.6) is 0 Å². The lowest BCUT2D eigenvalue weighted by molar-refractivity contribution is 0.833. The largest absolute Gasteiger partial charge is 0.339 e. The van der Waals surface area contributed by atoms with Crippen LogP contribution < -0.4 is 16.6 Å². The fourth-order valence-corrected chi connectivity index (χ4v) is 2.40. The number of hydrazine groups is 1. The third-order valence-corrected chi connectivity index (χ3v) is 3.91. The molecule has 0 spiro atoms. The van der Waals surface area contributed by atoms with E-state index >= 15 is 0 Å². The van der Waals surface area contributed by atoms with Crippen molar-refractivity contribution in [3.05, 3.63) is 39.1 Å². The number of anilines is 3. The van der Waals surface area contributed by atoms with Crippen LogP contribution in [-0.4, -0.2) is 9.97 Å². The molecule has 7 heteroatoms. The van der Waals surface area contributed by atoms with Crippen LogP contribution in [-0.2, 0) is 6.42 Å². The van der Waals surface area contributed by atoms with Crippen LogP contribution in [0.4, 0.5) is 17.3 Å². The van der Waals surface area contributed by atoms with Crippen molar-refractivity contribution in [3.8, 4) is 0 Å². The second kappa shape index (κ2) is 7.06. The predicted octanol–water partition coefficient (Wildman–Crippen LogP) is 4.18. The molecule has 0 aliphatic heterocycles. The van der Waals surface area contributed by atoms with E-state index in [4.69, 9.17) is 17.4 Å². The van der Waals surface area contributed by atoms with Gasteiger partial charge in [0.2, 0.25) is 0 Å². The molecule has 0 unspecified atom stereocenters. The van der Waals surface area contributed by atoms with Crippen molar-refractivity contribution in [2.75, 3.05) is 10.7 Å². The molecule has 0 atom stereocenters. The van der Waals surface area contributed by atoms with Crippen molar-refractivity contribution in [1.29, 1.82) is 0 Å². The summed E-state index contributed by atoms with van der Waals surface area (Å²) in [6.07, 6.45) is 1.76. The van der Waals surface area contributed by atoms with Gasteiger partial charge < -0.3 is 10.7 Å². The standard InChI is InChI=1S/C14H17BrClN5/c1-3-4-12-19-13(8(2)14(20-12)21-17)18-11-7-9(16)5-6-10(11)15/h5-7H,3-4,17H2,1-2H3,(H2,18,19,20,21). The first-order valence-electron chi connectivity index (χ1n) is 6.61. The van der Waals surface area contributed by atoms with Gasteiger partial charge in [-0.25, -0.2) is 15.8 Å². The van der Waals surface area contributed by atoms with Crippen LogP contribution in [0.3, 0.4) is 0 Å². The second-order valence-electron chi connectivity index (χ2n) is 4.61. The Morgan fingerprint density at radius 1 is 1.29 bits per heavy atom. The van der Waals surface area contributed by atoms with Gasteiger partial charge in [0.1, 0.15) is 17.5 Å². The number of halogens is 2. The smallest absolute Gasteiger partial charge is 0.148 e. The third-order valence-electron chi connectivity index (χ3n) is 2.98. The highest BCUT2D eigenvalue weighted by Crippen LogP contribution is 2.30. The summed E-state index contributed by atoms with van der Waals surface area (Å²) < 4.78 is 0.907. The average Bonchev–Trinajstić information content (AvgIpc) is 2.46. The van der Waals surface area contributed by atoms with Gasteiger partial charge in [-0.15, -0.1) is 0 Å². The van der Waals surface area contributed by atoms with Gasteiger partial charge in [-0.3, -0.25) is 0 Å². The maximum Gasteiger partial charge on any atom is 0.148 e. The molecule has 1 aromatic heterocycles. The molecular formula is C14H17BrClN5. The number of nitrogen functional groups attached to an aromatic ring is 1. The Morgan fingerprint density at radius 3 is 2.67 bits per heavy atom. The molecule has 4 N–H and O–H groups in total. The summed E-state index contributed by atoms with van der Waals surface area (Å²) in [5.74, 6) is 7.61. The SMILES string of the molecule is CCCc1nc(NN)c(C)c(Nc2cc(Cl)ccc2Br)n1. The average molecular weight is 371 g/mol. The van der Waals surface area contributed by atoms with Gasteiger partial charge in [-0.05, 0) is 47.5 Å². The molecule has 0 saturated carbocycles. The van der Waals surface area contributed by atoms with Crippen LogP contribution >= 0.6 is 27.5 Å². The van der Waals surface area contributed by atoms with Crippen LogP contribution in [0.15, 0.2) is 22.7 Å². The maximum absolute atomic E-state index is 6.04. The van der Waals surface area contributed by atoms with Crippen molar-refractivity contribution in [3.63, 3.8) is 0 Å². The minimum Gasteiger partial charge on any atom is -0.339 e. The minimum absolute atomic E-state index is 0.620. The normalized spacial score (nSPS) is 10.5. The Hall–Kier alpha value is -1.37. The third kappa shape index (κ3) is 3.84. The van der Waals surface area contributed by atoms with Gasteiger partial charge in [-0.1, -0.05) is 18.5 Å². The molecular weight excluding hydrogens is 354 g/mol. The lowest BCUT2D eigenvalue weighted by Crippen LogP contribution is -2.14. The quantitative estimate of drug-likeness (QED) is 0.543. The van der Waals surface area contributed by atoms with Crippen molar-refractivity contribution in [2.24, 2.45) is 5.84 Å². The Morgan fingerprint density at radius 2 is 2.00 bits per heavy atom. The van der Waals surface area contributed by atoms with E-state index in [0.29, 0.717) is 16.7 Å². The Bertz CT molecular complexity index is 648. The molecule has 0 aliphatic carbocycles. The van der Waals surface area contributed by atoms with Crippen molar-refractivity contribution in [2.45, 2.75) is 26.7 Å². The molecule has 0 amide bonds. The highest BCUT2D eigenvalue weighted by Gasteiger charge is 2.11. The Kier molecular flexibility index (Phi) is 5.39. The van der Waals surface area contributed by atoms with Gasteiger partial charge in [-0.2, -0.15) is 0 Å². The monoisotopic (exact) mass is 369 g/mol. The van der Waals surface area contributed by atoms with E-state index < -0.39 is 0 Å². The summed E-state index contributed by atoms with van der Waals surface area (Å²) >= 11 is 9.53. The number of nitrogens with zero attached hydrogens (tertiary/aromatic N) is 2. The fraction of sp³-hybridized carbons (Fsp3) is 0.286. The number of hydrogen-bond donors (Lipinski definition) is 3. The van der Waals surface area contributed by atoms with E-state index in [-0.39, 0.29) is 0 Å². The molecule has 1 aromatic carbocycles. The van der Waals surface area contributed by atoms with Gasteiger partial charge in [0, 0.05) is 21.5 Å². The summed E-state index contributed by atoms with van der Waals surface area (Å²) in [5.41, 5.74) is 4.31. The molecule has 0 aliphatic rings. The van der Waals surface area contributed by atoms with Crippen molar-refractivity contribution >= 4 is 44.9 Å². The first kappa shape index (κ1) is 16.0. The zero-order valence-electron chi connectivity index (χ0n) is 11.9. The van der Waals surface area contributed by atoms with Crippen molar-refractivity contribution < 1.29 is 0 Å². The number of rotatable bonds is 5. The Labute approximate surface area is 137 Å². The van der Waals surface area contributed by atoms with Gasteiger partial charge in [0.05, 0.1) is 5.69 Å². The van der Waals surface area contributed by atoms with E-state index in [1.807, 2.05) is 25.1 Å². The van der Waals surface area contributed by atoms with E-state index in [1.54, 1.807) is 0 Å². The number of benzene rings is 1. The zero-order valence-corrected chi connectivity index (χ0v) is 14.2. The molecule has 2 aromatic rings. The first-order chi connectivity index (χ1) is 10.0. The number of aromatic nitrogens is 2. The molecule has 5 nitrogen and oxygen atoms in total. The molecule has 0 bridgehead atoms.